The number of carbonyl (C=O) groups is 1. The molecule has 3 heterocycles. The summed E-state index contributed by atoms with van der Waals surface area (Å²) in [7, 11) is 0. The van der Waals surface area contributed by atoms with E-state index < -0.39 is 0 Å². The molecule has 1 N–H and O–H groups in total. The number of aromatic nitrogens is 2. The molecule has 6 nitrogen and oxygen atoms in total. The molecule has 0 bridgehead atoms. The zero-order valence-electron chi connectivity index (χ0n) is 12.0. The summed E-state index contributed by atoms with van der Waals surface area (Å²) in [5.41, 5.74) is 0.727. The molecule has 1 saturated heterocycles. The highest BCUT2D eigenvalue weighted by atomic mass is 35.5. The molecule has 0 aliphatic carbocycles. The smallest absolute Gasteiger partial charge is 0.246 e. The van der Waals surface area contributed by atoms with Crippen molar-refractivity contribution in [2.75, 3.05) is 39.3 Å². The maximum absolute atomic E-state index is 12.2. The standard InChI is InChI=1S/C14H17ClN4O2S/c15-13-11(19-8-10-22-14(19)16-13)1-2-12(21)18-5-3-17(4-6-18)7-9-20/h1-2,8,10,20H,3-7,9H2. The molecule has 1 aliphatic rings. The molecule has 1 amide bonds. The van der Waals surface area contributed by atoms with Crippen molar-refractivity contribution in [1.29, 1.82) is 0 Å². The predicted molar refractivity (Wildman–Crippen MR) is 87.2 cm³/mol. The van der Waals surface area contributed by atoms with E-state index in [-0.39, 0.29) is 12.5 Å². The van der Waals surface area contributed by atoms with Crippen LogP contribution in [0.4, 0.5) is 0 Å². The summed E-state index contributed by atoms with van der Waals surface area (Å²) in [5.74, 6) is -0.0232. The van der Waals surface area contributed by atoms with Crippen LogP contribution in [0.3, 0.4) is 0 Å². The number of β-amino-alcohol motifs (C(OH)–C–C–N with tert-alkyl or cyclic N) is 1. The van der Waals surface area contributed by atoms with Crippen molar-refractivity contribution >= 4 is 39.9 Å². The average molecular weight is 341 g/mol. The third-order valence-electron chi connectivity index (χ3n) is 3.74. The molecule has 1 fully saturated rings. The number of amides is 1. The second-order valence-electron chi connectivity index (χ2n) is 5.07. The van der Waals surface area contributed by atoms with Crippen molar-refractivity contribution in [3.8, 4) is 0 Å². The summed E-state index contributed by atoms with van der Waals surface area (Å²) in [4.78, 5) is 21.3. The second-order valence-corrected chi connectivity index (χ2v) is 6.30. The van der Waals surface area contributed by atoms with Gasteiger partial charge in [0.05, 0.1) is 12.3 Å². The number of carbonyl (C=O) groups excluding carboxylic acids is 1. The van der Waals surface area contributed by atoms with Crippen LogP contribution in [0.25, 0.3) is 11.0 Å². The first-order valence-corrected chi connectivity index (χ1v) is 8.36. The van der Waals surface area contributed by atoms with E-state index >= 15 is 0 Å². The lowest BCUT2D eigenvalue weighted by Gasteiger charge is -2.33. The monoisotopic (exact) mass is 340 g/mol. The zero-order valence-corrected chi connectivity index (χ0v) is 13.6. The number of fused-ring (bicyclic) bond motifs is 1. The molecule has 1 aliphatic heterocycles. The van der Waals surface area contributed by atoms with Crippen molar-refractivity contribution < 1.29 is 9.90 Å². The van der Waals surface area contributed by atoms with E-state index in [2.05, 4.69) is 9.88 Å². The first-order chi connectivity index (χ1) is 10.7. The molecule has 3 rings (SSSR count). The van der Waals surface area contributed by atoms with Crippen LogP contribution in [0.5, 0.6) is 0 Å². The molecule has 8 heteroatoms. The van der Waals surface area contributed by atoms with Gasteiger partial charge in [-0.15, -0.1) is 11.3 Å². The van der Waals surface area contributed by atoms with Crippen molar-refractivity contribution in [1.82, 2.24) is 19.2 Å². The minimum Gasteiger partial charge on any atom is -0.395 e. The van der Waals surface area contributed by atoms with Crippen LogP contribution < -0.4 is 0 Å². The lowest BCUT2D eigenvalue weighted by Crippen LogP contribution is -2.48. The lowest BCUT2D eigenvalue weighted by molar-refractivity contribution is -0.127. The van der Waals surface area contributed by atoms with Gasteiger partial charge in [0.25, 0.3) is 0 Å². The maximum atomic E-state index is 12.2. The number of rotatable bonds is 4. The number of imidazole rings is 1. The molecule has 0 radical (unpaired) electrons. The van der Waals surface area contributed by atoms with E-state index in [1.54, 1.807) is 12.2 Å². The number of hydrogen-bond donors (Lipinski definition) is 1. The largest absolute Gasteiger partial charge is 0.395 e. The van der Waals surface area contributed by atoms with Crippen molar-refractivity contribution in [3.63, 3.8) is 0 Å². The summed E-state index contributed by atoms with van der Waals surface area (Å²) in [6.45, 7) is 3.77. The van der Waals surface area contributed by atoms with Crippen LogP contribution >= 0.6 is 22.9 Å². The number of thiazole rings is 1. The van der Waals surface area contributed by atoms with Crippen LogP contribution in [0.2, 0.25) is 5.15 Å². The van der Waals surface area contributed by atoms with Gasteiger partial charge in [0, 0.05) is 50.4 Å². The molecular formula is C14H17ClN4O2S. The highest BCUT2D eigenvalue weighted by Crippen LogP contribution is 2.22. The van der Waals surface area contributed by atoms with Crippen LogP contribution in [0, 0.1) is 0 Å². The number of piperazine rings is 1. The number of hydrogen-bond acceptors (Lipinski definition) is 5. The van der Waals surface area contributed by atoms with Crippen LogP contribution in [-0.4, -0.2) is 69.5 Å². The highest BCUT2D eigenvalue weighted by molar-refractivity contribution is 7.15. The van der Waals surface area contributed by atoms with Gasteiger partial charge in [-0.25, -0.2) is 4.98 Å². The minimum atomic E-state index is -0.0232. The van der Waals surface area contributed by atoms with Crippen molar-refractivity contribution in [2.24, 2.45) is 0 Å². The van der Waals surface area contributed by atoms with Gasteiger partial charge < -0.3 is 10.0 Å². The molecule has 2 aromatic rings. The normalized spacial score (nSPS) is 16.9. The third kappa shape index (κ3) is 3.17. The quantitative estimate of drug-likeness (QED) is 0.850. The van der Waals surface area contributed by atoms with Gasteiger partial charge in [0.2, 0.25) is 5.91 Å². The van der Waals surface area contributed by atoms with E-state index in [0.29, 0.717) is 24.8 Å². The predicted octanol–water partition coefficient (Wildman–Crippen LogP) is 1.20. The number of aliphatic hydroxyl groups excluding tert-OH is 1. The molecule has 0 aromatic carbocycles. The summed E-state index contributed by atoms with van der Waals surface area (Å²) < 4.78 is 1.87. The SMILES string of the molecule is O=C(C=Cc1c(Cl)nc2sccn12)N1CCN(CCO)CC1. The summed E-state index contributed by atoms with van der Waals surface area (Å²) >= 11 is 7.60. The average Bonchev–Trinajstić information content (AvgIpc) is 3.07. The van der Waals surface area contributed by atoms with Gasteiger partial charge >= 0.3 is 0 Å². The number of halogens is 1. The Labute approximate surface area is 137 Å². The second kappa shape index (κ2) is 6.78. The maximum Gasteiger partial charge on any atom is 0.246 e. The Morgan fingerprint density at radius 2 is 2.18 bits per heavy atom. The minimum absolute atomic E-state index is 0.0232. The fraction of sp³-hybridized carbons (Fsp3) is 0.429. The Morgan fingerprint density at radius 3 is 2.91 bits per heavy atom. The number of nitrogens with zero attached hydrogens (tertiary/aromatic N) is 4. The molecule has 2 aromatic heterocycles. The summed E-state index contributed by atoms with van der Waals surface area (Å²) in [6.07, 6.45) is 5.16. The zero-order chi connectivity index (χ0) is 15.5. The van der Waals surface area contributed by atoms with Crippen LogP contribution in [0.1, 0.15) is 5.69 Å². The van der Waals surface area contributed by atoms with Gasteiger partial charge in [-0.2, -0.15) is 0 Å². The van der Waals surface area contributed by atoms with E-state index in [1.807, 2.05) is 20.9 Å². The third-order valence-corrected chi connectivity index (χ3v) is 4.77. The molecule has 0 spiro atoms. The molecule has 0 atom stereocenters. The van der Waals surface area contributed by atoms with E-state index in [1.165, 1.54) is 11.3 Å². The molecule has 0 saturated carbocycles. The molecular weight excluding hydrogens is 324 g/mol. The highest BCUT2D eigenvalue weighted by Gasteiger charge is 2.19. The van der Waals surface area contributed by atoms with Crippen molar-refractivity contribution in [2.45, 2.75) is 0 Å². The fourth-order valence-corrected chi connectivity index (χ4v) is 3.52. The molecule has 22 heavy (non-hydrogen) atoms. The van der Waals surface area contributed by atoms with Crippen LogP contribution in [-0.2, 0) is 4.79 Å². The van der Waals surface area contributed by atoms with E-state index in [4.69, 9.17) is 16.7 Å². The summed E-state index contributed by atoms with van der Waals surface area (Å²) in [6, 6.07) is 0. The molecule has 0 unspecified atom stereocenters. The Morgan fingerprint density at radius 1 is 1.41 bits per heavy atom. The first-order valence-electron chi connectivity index (χ1n) is 7.10. The van der Waals surface area contributed by atoms with Gasteiger partial charge in [0.1, 0.15) is 0 Å². The Hall–Kier alpha value is -1.41. The lowest BCUT2D eigenvalue weighted by atomic mass is 10.3. The Balaban J connectivity index is 1.64. The van der Waals surface area contributed by atoms with Crippen LogP contribution in [0.15, 0.2) is 17.7 Å². The van der Waals surface area contributed by atoms with Gasteiger partial charge in [-0.05, 0) is 6.08 Å². The van der Waals surface area contributed by atoms with Gasteiger partial charge in [-0.1, -0.05) is 11.6 Å². The topological polar surface area (TPSA) is 61.1 Å². The molecule has 118 valence electrons. The fourth-order valence-electron chi connectivity index (χ4n) is 2.51. The van der Waals surface area contributed by atoms with E-state index in [9.17, 15) is 4.79 Å². The van der Waals surface area contributed by atoms with E-state index in [0.717, 1.165) is 23.7 Å². The first kappa shape index (κ1) is 15.5. The van der Waals surface area contributed by atoms with Gasteiger partial charge in [-0.3, -0.25) is 14.1 Å². The Kier molecular flexibility index (Phi) is 4.77. The Bertz CT molecular complexity index is 688. The van der Waals surface area contributed by atoms with Gasteiger partial charge in [0.15, 0.2) is 10.1 Å². The summed E-state index contributed by atoms with van der Waals surface area (Å²) in [5, 5.41) is 11.3. The number of aliphatic hydroxyl groups is 1. The van der Waals surface area contributed by atoms with Crippen molar-refractivity contribution in [3.05, 3.63) is 28.5 Å².